The fourth-order valence-electron chi connectivity index (χ4n) is 3.28. The van der Waals surface area contributed by atoms with E-state index in [1.165, 1.54) is 36.0 Å². The Morgan fingerprint density at radius 2 is 1.88 bits per heavy atom. The maximum Gasteiger partial charge on any atom is 0.0877 e. The van der Waals surface area contributed by atoms with Gasteiger partial charge in [0.15, 0.2) is 0 Å². The van der Waals surface area contributed by atoms with Crippen LogP contribution < -0.4 is 5.32 Å². The van der Waals surface area contributed by atoms with Crippen molar-refractivity contribution in [3.8, 4) is 0 Å². The average molecular weight is 231 g/mol. The van der Waals surface area contributed by atoms with Gasteiger partial charge in [-0.2, -0.15) is 0 Å². The molecule has 0 radical (unpaired) electrons. The van der Waals surface area contributed by atoms with Gasteiger partial charge in [-0.15, -0.1) is 0 Å². The monoisotopic (exact) mass is 231 g/mol. The highest BCUT2D eigenvalue weighted by atomic mass is 16.5. The van der Waals surface area contributed by atoms with Gasteiger partial charge in [0, 0.05) is 6.54 Å². The molecule has 2 heteroatoms. The largest absolute Gasteiger partial charge is 0.372 e. The van der Waals surface area contributed by atoms with Gasteiger partial charge in [-0.3, -0.25) is 0 Å². The van der Waals surface area contributed by atoms with Gasteiger partial charge in [-0.05, 0) is 38.7 Å². The Hall–Kier alpha value is -0.860. The summed E-state index contributed by atoms with van der Waals surface area (Å²) >= 11 is 0. The first-order valence-electron chi connectivity index (χ1n) is 6.65. The van der Waals surface area contributed by atoms with Crippen molar-refractivity contribution in [3.63, 3.8) is 0 Å². The summed E-state index contributed by atoms with van der Waals surface area (Å²) < 4.78 is 6.09. The van der Waals surface area contributed by atoms with Crippen molar-refractivity contribution in [1.29, 1.82) is 0 Å². The zero-order valence-corrected chi connectivity index (χ0v) is 10.8. The van der Waals surface area contributed by atoms with Gasteiger partial charge in [0.05, 0.1) is 18.2 Å². The van der Waals surface area contributed by atoms with Gasteiger partial charge >= 0.3 is 0 Å². The van der Waals surface area contributed by atoms with E-state index < -0.39 is 0 Å². The highest BCUT2D eigenvalue weighted by Crippen LogP contribution is 2.46. The zero-order valence-electron chi connectivity index (χ0n) is 10.8. The molecule has 1 N–H and O–H groups in total. The van der Waals surface area contributed by atoms with Crippen LogP contribution in [0.25, 0.3) is 0 Å². The van der Waals surface area contributed by atoms with Crippen LogP contribution in [0, 0.1) is 13.8 Å². The third kappa shape index (κ3) is 1.90. The first-order valence-corrected chi connectivity index (χ1v) is 6.65. The molecule has 92 valence electrons. The SMILES string of the molecule is Cc1cc(C)cc(C2NCCOC23CCC3)c1. The third-order valence-electron chi connectivity index (χ3n) is 4.14. The van der Waals surface area contributed by atoms with Crippen molar-refractivity contribution in [2.45, 2.75) is 44.8 Å². The molecule has 0 aromatic heterocycles. The number of hydrogen-bond acceptors (Lipinski definition) is 2. The number of nitrogens with one attached hydrogen (secondary N) is 1. The lowest BCUT2D eigenvalue weighted by atomic mass is 9.71. The van der Waals surface area contributed by atoms with Gasteiger partial charge in [0.1, 0.15) is 0 Å². The highest BCUT2D eigenvalue weighted by molar-refractivity contribution is 5.33. The van der Waals surface area contributed by atoms with Gasteiger partial charge in [0.2, 0.25) is 0 Å². The van der Waals surface area contributed by atoms with E-state index in [9.17, 15) is 0 Å². The van der Waals surface area contributed by atoms with Crippen LogP contribution in [0.15, 0.2) is 18.2 Å². The molecule has 1 unspecified atom stereocenters. The fourth-order valence-corrected chi connectivity index (χ4v) is 3.28. The number of aryl methyl sites for hydroxylation is 2. The third-order valence-corrected chi connectivity index (χ3v) is 4.14. The minimum atomic E-state index is 0.0957. The molecule has 1 spiro atoms. The Labute approximate surface area is 103 Å². The van der Waals surface area contributed by atoms with Crippen LogP contribution in [-0.4, -0.2) is 18.8 Å². The summed E-state index contributed by atoms with van der Waals surface area (Å²) in [5.41, 5.74) is 4.20. The number of hydrogen-bond donors (Lipinski definition) is 1. The number of morpholine rings is 1. The quantitative estimate of drug-likeness (QED) is 0.802. The first-order chi connectivity index (χ1) is 8.20. The molecule has 1 saturated carbocycles. The zero-order chi connectivity index (χ0) is 11.9. The van der Waals surface area contributed by atoms with Gasteiger partial charge in [-0.25, -0.2) is 0 Å². The van der Waals surface area contributed by atoms with E-state index in [0.29, 0.717) is 6.04 Å². The first kappa shape index (κ1) is 11.2. The highest BCUT2D eigenvalue weighted by Gasteiger charge is 2.47. The van der Waals surface area contributed by atoms with E-state index in [1.54, 1.807) is 0 Å². The summed E-state index contributed by atoms with van der Waals surface area (Å²) in [6.07, 6.45) is 3.72. The number of ether oxygens (including phenoxy) is 1. The van der Waals surface area contributed by atoms with Gasteiger partial charge in [-0.1, -0.05) is 29.3 Å². The number of rotatable bonds is 1. The molecular weight excluding hydrogens is 210 g/mol. The molecule has 2 nitrogen and oxygen atoms in total. The molecule has 1 aliphatic carbocycles. The molecule has 3 rings (SSSR count). The van der Waals surface area contributed by atoms with Crippen molar-refractivity contribution in [1.82, 2.24) is 5.32 Å². The molecule has 0 bridgehead atoms. The molecule has 0 amide bonds. The predicted molar refractivity (Wildman–Crippen MR) is 69.2 cm³/mol. The normalized spacial score (nSPS) is 26.8. The molecule has 1 saturated heterocycles. The van der Waals surface area contributed by atoms with E-state index in [0.717, 1.165) is 13.2 Å². The molecule has 17 heavy (non-hydrogen) atoms. The summed E-state index contributed by atoms with van der Waals surface area (Å²) in [7, 11) is 0. The number of benzene rings is 1. The van der Waals surface area contributed by atoms with Crippen LogP contribution in [0.1, 0.15) is 42.0 Å². The van der Waals surface area contributed by atoms with E-state index >= 15 is 0 Å². The second-order valence-corrected chi connectivity index (χ2v) is 5.57. The molecular formula is C15H21NO. The second-order valence-electron chi connectivity index (χ2n) is 5.57. The average Bonchev–Trinajstić information content (AvgIpc) is 2.25. The Morgan fingerprint density at radius 1 is 1.18 bits per heavy atom. The summed E-state index contributed by atoms with van der Waals surface area (Å²) in [4.78, 5) is 0. The summed E-state index contributed by atoms with van der Waals surface area (Å²) in [6.45, 7) is 6.18. The van der Waals surface area contributed by atoms with Crippen molar-refractivity contribution in [2.75, 3.05) is 13.2 Å². The second kappa shape index (κ2) is 4.11. The van der Waals surface area contributed by atoms with Crippen molar-refractivity contribution in [2.24, 2.45) is 0 Å². The van der Waals surface area contributed by atoms with Gasteiger partial charge in [0.25, 0.3) is 0 Å². The minimum absolute atomic E-state index is 0.0957. The fraction of sp³-hybridized carbons (Fsp3) is 0.600. The van der Waals surface area contributed by atoms with E-state index in [-0.39, 0.29) is 5.60 Å². The van der Waals surface area contributed by atoms with Crippen LogP contribution in [0.3, 0.4) is 0 Å². The van der Waals surface area contributed by atoms with Crippen LogP contribution in [-0.2, 0) is 4.74 Å². The Kier molecular flexibility index (Phi) is 2.72. The summed E-state index contributed by atoms with van der Waals surface area (Å²) in [6, 6.07) is 7.24. The van der Waals surface area contributed by atoms with Crippen molar-refractivity contribution < 1.29 is 4.74 Å². The molecule has 1 aliphatic heterocycles. The maximum atomic E-state index is 6.09. The minimum Gasteiger partial charge on any atom is -0.372 e. The lowest BCUT2D eigenvalue weighted by molar-refractivity contribution is -0.146. The molecule has 1 heterocycles. The summed E-state index contributed by atoms with van der Waals surface area (Å²) in [5.74, 6) is 0. The lowest BCUT2D eigenvalue weighted by Gasteiger charge is -2.50. The summed E-state index contributed by atoms with van der Waals surface area (Å²) in [5, 5.41) is 3.66. The molecule has 2 fully saturated rings. The van der Waals surface area contributed by atoms with E-state index in [2.05, 4.69) is 37.4 Å². The molecule has 2 aliphatic rings. The van der Waals surface area contributed by atoms with Gasteiger partial charge < -0.3 is 10.1 Å². The standard InChI is InChI=1S/C15H21NO/c1-11-8-12(2)10-13(9-11)14-15(4-3-5-15)17-7-6-16-14/h8-10,14,16H,3-7H2,1-2H3. The Balaban J connectivity index is 1.95. The Bertz CT molecular complexity index is 403. The van der Waals surface area contributed by atoms with Crippen LogP contribution >= 0.6 is 0 Å². The van der Waals surface area contributed by atoms with Crippen molar-refractivity contribution >= 4 is 0 Å². The predicted octanol–water partition coefficient (Wildman–Crippen LogP) is 2.89. The smallest absolute Gasteiger partial charge is 0.0877 e. The molecule has 1 atom stereocenters. The molecule has 1 aromatic carbocycles. The topological polar surface area (TPSA) is 21.3 Å². The van der Waals surface area contributed by atoms with Crippen LogP contribution in [0.4, 0.5) is 0 Å². The molecule has 1 aromatic rings. The lowest BCUT2D eigenvalue weighted by Crippen LogP contribution is -2.56. The maximum absolute atomic E-state index is 6.09. The van der Waals surface area contributed by atoms with E-state index in [4.69, 9.17) is 4.74 Å². The van der Waals surface area contributed by atoms with Crippen LogP contribution in [0.2, 0.25) is 0 Å². The Morgan fingerprint density at radius 3 is 2.47 bits per heavy atom. The van der Waals surface area contributed by atoms with Crippen LogP contribution in [0.5, 0.6) is 0 Å². The van der Waals surface area contributed by atoms with E-state index in [1.807, 2.05) is 0 Å². The van der Waals surface area contributed by atoms with Crippen molar-refractivity contribution in [3.05, 3.63) is 34.9 Å².